The molecule has 1 aromatic rings. The van der Waals surface area contributed by atoms with E-state index in [-0.39, 0.29) is 28.3 Å². The van der Waals surface area contributed by atoms with Gasteiger partial charge < -0.3 is 10.1 Å². The first-order chi connectivity index (χ1) is 11.0. The summed E-state index contributed by atoms with van der Waals surface area (Å²) in [6, 6.07) is 5.12. The molecule has 0 radical (unpaired) electrons. The number of carbonyl (C=O) groups is 3. The zero-order chi connectivity index (χ0) is 16.8. The summed E-state index contributed by atoms with van der Waals surface area (Å²) in [6.07, 6.45) is 1.74. The van der Waals surface area contributed by atoms with Crippen molar-refractivity contribution in [2.75, 3.05) is 6.61 Å². The van der Waals surface area contributed by atoms with Gasteiger partial charge in [0.1, 0.15) is 0 Å². The standard InChI is InChI=1S/C14H14F2N2O4S/c15-13(16)23-10-4-2-1-3-9(10)12(20)22-7-11(19)18-14(21)17-8-5-6-8/h1-4,8,13H,5-7H2,(H2,17,18,19,21). The van der Waals surface area contributed by atoms with E-state index in [1.807, 2.05) is 5.32 Å². The number of imide groups is 1. The Morgan fingerprint density at radius 3 is 2.61 bits per heavy atom. The Morgan fingerprint density at radius 1 is 1.26 bits per heavy atom. The number of alkyl halides is 2. The largest absolute Gasteiger partial charge is 0.452 e. The van der Waals surface area contributed by atoms with E-state index < -0.39 is 30.3 Å². The molecule has 23 heavy (non-hydrogen) atoms. The normalized spacial score (nSPS) is 13.5. The minimum absolute atomic E-state index is 0.0550. The number of amides is 3. The predicted octanol–water partition coefficient (Wildman–Crippen LogP) is 2.15. The van der Waals surface area contributed by atoms with Crippen molar-refractivity contribution < 1.29 is 27.9 Å². The van der Waals surface area contributed by atoms with Crippen molar-refractivity contribution in [2.45, 2.75) is 29.5 Å². The summed E-state index contributed by atoms with van der Waals surface area (Å²) in [4.78, 5) is 34.7. The molecule has 0 bridgehead atoms. The molecule has 0 heterocycles. The van der Waals surface area contributed by atoms with Crippen LogP contribution < -0.4 is 10.6 Å². The molecule has 1 aliphatic rings. The molecule has 0 atom stereocenters. The minimum atomic E-state index is -2.68. The van der Waals surface area contributed by atoms with Crippen LogP contribution in [-0.2, 0) is 9.53 Å². The van der Waals surface area contributed by atoms with E-state index in [2.05, 4.69) is 5.32 Å². The fourth-order valence-corrected chi connectivity index (χ4v) is 2.28. The molecule has 1 aromatic carbocycles. The average molecular weight is 344 g/mol. The van der Waals surface area contributed by atoms with Gasteiger partial charge in [-0.15, -0.1) is 0 Å². The molecule has 0 spiro atoms. The van der Waals surface area contributed by atoms with Crippen LogP contribution in [0.15, 0.2) is 29.2 Å². The van der Waals surface area contributed by atoms with Crippen molar-refractivity contribution in [3.63, 3.8) is 0 Å². The summed E-state index contributed by atoms with van der Waals surface area (Å²) in [5.41, 5.74) is -0.0620. The third-order valence-electron chi connectivity index (χ3n) is 2.82. The molecule has 2 N–H and O–H groups in total. The zero-order valence-corrected chi connectivity index (χ0v) is 12.7. The zero-order valence-electron chi connectivity index (χ0n) is 11.9. The molecule has 0 unspecified atom stereocenters. The second kappa shape index (κ2) is 7.91. The molecular formula is C14H14F2N2O4S. The molecule has 3 amide bonds. The lowest BCUT2D eigenvalue weighted by Crippen LogP contribution is -2.42. The number of hydrogen-bond acceptors (Lipinski definition) is 5. The molecule has 1 aliphatic carbocycles. The second-order valence-electron chi connectivity index (χ2n) is 4.75. The maximum Gasteiger partial charge on any atom is 0.339 e. The molecule has 6 nitrogen and oxygen atoms in total. The Labute approximate surface area is 134 Å². The molecule has 124 valence electrons. The van der Waals surface area contributed by atoms with Crippen LogP contribution in [-0.4, -0.2) is 36.3 Å². The van der Waals surface area contributed by atoms with E-state index in [4.69, 9.17) is 4.74 Å². The highest BCUT2D eigenvalue weighted by molar-refractivity contribution is 7.99. The lowest BCUT2D eigenvalue weighted by Gasteiger charge is -2.09. The van der Waals surface area contributed by atoms with Crippen LogP contribution in [0.4, 0.5) is 13.6 Å². The SMILES string of the molecule is O=C(COC(=O)c1ccccc1SC(F)F)NC(=O)NC1CC1. The van der Waals surface area contributed by atoms with Crippen molar-refractivity contribution in [1.29, 1.82) is 0 Å². The monoisotopic (exact) mass is 344 g/mol. The van der Waals surface area contributed by atoms with Crippen molar-refractivity contribution in [3.8, 4) is 0 Å². The number of carbonyl (C=O) groups excluding carboxylic acids is 3. The molecule has 0 aromatic heterocycles. The number of benzene rings is 1. The Hall–Kier alpha value is -2.16. The van der Waals surface area contributed by atoms with E-state index in [1.165, 1.54) is 24.3 Å². The molecule has 1 fully saturated rings. The van der Waals surface area contributed by atoms with E-state index in [0.717, 1.165) is 12.8 Å². The van der Waals surface area contributed by atoms with Gasteiger partial charge in [0, 0.05) is 10.9 Å². The lowest BCUT2D eigenvalue weighted by atomic mass is 10.2. The van der Waals surface area contributed by atoms with E-state index in [9.17, 15) is 23.2 Å². The van der Waals surface area contributed by atoms with Crippen LogP contribution in [0.5, 0.6) is 0 Å². The Bertz CT molecular complexity index is 608. The summed E-state index contributed by atoms with van der Waals surface area (Å²) in [6.45, 7) is -0.676. The number of rotatable bonds is 6. The maximum absolute atomic E-state index is 12.4. The smallest absolute Gasteiger partial charge is 0.339 e. The van der Waals surface area contributed by atoms with Gasteiger partial charge in [0.15, 0.2) is 6.61 Å². The summed E-state index contributed by atoms with van der Waals surface area (Å²) < 4.78 is 29.6. The number of ether oxygens (including phenoxy) is 1. The second-order valence-corrected chi connectivity index (χ2v) is 5.78. The molecule has 2 rings (SSSR count). The van der Waals surface area contributed by atoms with Gasteiger partial charge >= 0.3 is 12.0 Å². The van der Waals surface area contributed by atoms with Gasteiger partial charge in [-0.3, -0.25) is 10.1 Å². The first kappa shape index (κ1) is 17.2. The van der Waals surface area contributed by atoms with Crippen LogP contribution in [0.2, 0.25) is 0 Å². The molecule has 9 heteroatoms. The van der Waals surface area contributed by atoms with Gasteiger partial charge in [0.25, 0.3) is 11.7 Å². The van der Waals surface area contributed by atoms with Gasteiger partial charge in [-0.1, -0.05) is 23.9 Å². The van der Waals surface area contributed by atoms with Crippen molar-refractivity contribution >= 4 is 29.7 Å². The van der Waals surface area contributed by atoms with Gasteiger partial charge in [0.2, 0.25) is 0 Å². The third-order valence-corrected chi connectivity index (χ3v) is 3.61. The van der Waals surface area contributed by atoms with Gasteiger partial charge in [-0.25, -0.2) is 9.59 Å². The molecule has 0 aliphatic heterocycles. The van der Waals surface area contributed by atoms with Crippen LogP contribution in [0.1, 0.15) is 23.2 Å². The number of nitrogens with one attached hydrogen (secondary N) is 2. The van der Waals surface area contributed by atoms with Crippen LogP contribution >= 0.6 is 11.8 Å². The lowest BCUT2D eigenvalue weighted by molar-refractivity contribution is -0.123. The highest BCUT2D eigenvalue weighted by atomic mass is 32.2. The summed E-state index contributed by atoms with van der Waals surface area (Å²) in [7, 11) is 0. The predicted molar refractivity (Wildman–Crippen MR) is 78.3 cm³/mol. The van der Waals surface area contributed by atoms with Crippen LogP contribution in [0.3, 0.4) is 0 Å². The molecule has 1 saturated carbocycles. The quantitative estimate of drug-likeness (QED) is 0.610. The number of hydrogen-bond donors (Lipinski definition) is 2. The van der Waals surface area contributed by atoms with E-state index >= 15 is 0 Å². The number of thioether (sulfide) groups is 1. The fourth-order valence-electron chi connectivity index (χ4n) is 1.65. The van der Waals surface area contributed by atoms with Gasteiger partial charge in [-0.05, 0) is 25.0 Å². The summed E-state index contributed by atoms with van der Waals surface area (Å²) >= 11 is 0.213. The van der Waals surface area contributed by atoms with Crippen molar-refractivity contribution in [1.82, 2.24) is 10.6 Å². The maximum atomic E-state index is 12.4. The third kappa shape index (κ3) is 5.85. The summed E-state index contributed by atoms with van der Waals surface area (Å²) in [5, 5.41) is 4.55. The fraction of sp³-hybridized carbons (Fsp3) is 0.357. The average Bonchev–Trinajstić information content (AvgIpc) is 3.28. The van der Waals surface area contributed by atoms with Crippen molar-refractivity contribution in [3.05, 3.63) is 29.8 Å². The Morgan fingerprint density at radius 2 is 1.96 bits per heavy atom. The highest BCUT2D eigenvalue weighted by Gasteiger charge is 2.24. The van der Waals surface area contributed by atoms with Crippen molar-refractivity contribution in [2.24, 2.45) is 0 Å². The van der Waals surface area contributed by atoms with Gasteiger partial charge in [0.05, 0.1) is 5.56 Å². The first-order valence-corrected chi connectivity index (χ1v) is 7.65. The van der Waals surface area contributed by atoms with E-state index in [1.54, 1.807) is 0 Å². The topological polar surface area (TPSA) is 84.5 Å². The molecular weight excluding hydrogens is 330 g/mol. The Balaban J connectivity index is 1.84. The number of urea groups is 1. The van der Waals surface area contributed by atoms with Crippen LogP contribution in [0, 0.1) is 0 Å². The highest BCUT2D eigenvalue weighted by Crippen LogP contribution is 2.28. The minimum Gasteiger partial charge on any atom is -0.452 e. The number of halogens is 2. The first-order valence-electron chi connectivity index (χ1n) is 6.77. The summed E-state index contributed by atoms with van der Waals surface area (Å²) in [5.74, 6) is -4.39. The number of esters is 1. The Kier molecular flexibility index (Phi) is 5.91. The van der Waals surface area contributed by atoms with Gasteiger partial charge in [-0.2, -0.15) is 8.78 Å². The molecule has 0 saturated heterocycles. The van der Waals surface area contributed by atoms with Crippen LogP contribution in [0.25, 0.3) is 0 Å². The van der Waals surface area contributed by atoms with E-state index in [0.29, 0.717) is 0 Å².